The predicted octanol–water partition coefficient (Wildman–Crippen LogP) is 1.73. The molecule has 7 heteroatoms. The Hall–Kier alpha value is -1.79. The summed E-state index contributed by atoms with van der Waals surface area (Å²) in [4.78, 5) is 25.2. The van der Waals surface area contributed by atoms with Crippen LogP contribution >= 0.6 is 12.4 Å². The molecule has 0 radical (unpaired) electrons. The molecule has 1 atom stereocenters. The third-order valence-corrected chi connectivity index (χ3v) is 3.75. The number of anilines is 1. The van der Waals surface area contributed by atoms with Crippen LogP contribution in [0.15, 0.2) is 24.3 Å². The molecule has 0 spiro atoms. The smallest absolute Gasteiger partial charge is 0.257 e. The van der Waals surface area contributed by atoms with Gasteiger partial charge < -0.3 is 20.3 Å². The largest absolute Gasteiger partial charge is 0.484 e. The molecule has 1 heterocycles. The molecular formula is C17H26ClN3O3. The minimum Gasteiger partial charge on any atom is -0.484 e. The fraction of sp³-hybridized carbons (Fsp3) is 0.529. The molecule has 2 N–H and O–H groups in total. The monoisotopic (exact) mass is 355 g/mol. The average molecular weight is 356 g/mol. The van der Waals surface area contributed by atoms with E-state index in [1.165, 1.54) is 0 Å². The van der Waals surface area contributed by atoms with Gasteiger partial charge in [-0.1, -0.05) is 6.92 Å². The maximum absolute atomic E-state index is 11.7. The Balaban J connectivity index is 0.00000288. The number of halogens is 1. The van der Waals surface area contributed by atoms with Crippen molar-refractivity contribution in [1.29, 1.82) is 0 Å². The Bertz CT molecular complexity index is 536. The maximum Gasteiger partial charge on any atom is 0.257 e. The molecule has 24 heavy (non-hydrogen) atoms. The van der Waals surface area contributed by atoms with E-state index in [1.54, 1.807) is 17.0 Å². The third-order valence-electron chi connectivity index (χ3n) is 3.75. The van der Waals surface area contributed by atoms with E-state index in [1.807, 2.05) is 26.0 Å². The molecule has 1 aromatic rings. The van der Waals surface area contributed by atoms with E-state index in [2.05, 4.69) is 10.6 Å². The van der Waals surface area contributed by atoms with Crippen LogP contribution in [-0.2, 0) is 9.59 Å². The summed E-state index contributed by atoms with van der Waals surface area (Å²) >= 11 is 0. The Kier molecular flexibility index (Phi) is 8.57. The fourth-order valence-electron chi connectivity index (χ4n) is 2.53. The van der Waals surface area contributed by atoms with E-state index >= 15 is 0 Å². The molecule has 6 nitrogen and oxygen atoms in total. The zero-order valence-corrected chi connectivity index (χ0v) is 15.0. The van der Waals surface area contributed by atoms with Crippen molar-refractivity contribution >= 4 is 29.9 Å². The molecule has 134 valence electrons. The fourth-order valence-corrected chi connectivity index (χ4v) is 2.53. The Morgan fingerprint density at radius 1 is 1.33 bits per heavy atom. The number of nitrogens with one attached hydrogen (secondary N) is 2. The zero-order valence-electron chi connectivity index (χ0n) is 14.2. The molecule has 0 unspecified atom stereocenters. The lowest BCUT2D eigenvalue weighted by molar-refractivity contribution is -0.123. The van der Waals surface area contributed by atoms with Crippen molar-refractivity contribution in [2.24, 2.45) is 0 Å². The minimum atomic E-state index is -0.145. The standard InChI is InChI=1S/C17H25N3O3.ClH/c1-3-18-13(2)11-19-16(21)12-23-15-8-6-14(7-9-15)20-10-4-5-17(20)22;/h6-9,13,18H,3-5,10-12H2,1-2H3,(H,19,21);1H/t13-;/m1./s1. The number of hydrogen-bond acceptors (Lipinski definition) is 4. The van der Waals surface area contributed by atoms with Crippen LogP contribution in [0.3, 0.4) is 0 Å². The molecule has 0 aliphatic carbocycles. The highest BCUT2D eigenvalue weighted by Crippen LogP contribution is 2.23. The number of nitrogens with zero attached hydrogens (tertiary/aromatic N) is 1. The van der Waals surface area contributed by atoms with Gasteiger partial charge in [-0.2, -0.15) is 0 Å². The number of hydrogen-bond donors (Lipinski definition) is 2. The van der Waals surface area contributed by atoms with Gasteiger partial charge >= 0.3 is 0 Å². The molecule has 1 fully saturated rings. The van der Waals surface area contributed by atoms with E-state index < -0.39 is 0 Å². The molecule has 1 saturated heterocycles. The molecule has 0 aromatic heterocycles. The van der Waals surface area contributed by atoms with Crippen LogP contribution in [-0.4, -0.2) is 44.1 Å². The number of ether oxygens (including phenoxy) is 1. The SMILES string of the molecule is CCN[C@H](C)CNC(=O)COc1ccc(N2CCCC2=O)cc1.Cl. The minimum absolute atomic E-state index is 0. The van der Waals surface area contributed by atoms with E-state index in [0.29, 0.717) is 18.7 Å². The van der Waals surface area contributed by atoms with Crippen LogP contribution in [0.2, 0.25) is 0 Å². The van der Waals surface area contributed by atoms with Crippen LogP contribution in [0.5, 0.6) is 5.75 Å². The molecule has 2 amide bonds. The van der Waals surface area contributed by atoms with Gasteiger partial charge in [-0.25, -0.2) is 0 Å². The first-order valence-corrected chi connectivity index (χ1v) is 8.13. The first-order valence-electron chi connectivity index (χ1n) is 8.13. The van der Waals surface area contributed by atoms with Gasteiger partial charge in [-0.15, -0.1) is 12.4 Å². The van der Waals surface area contributed by atoms with Gasteiger partial charge in [0.2, 0.25) is 5.91 Å². The van der Waals surface area contributed by atoms with Gasteiger partial charge in [0.15, 0.2) is 6.61 Å². The molecule has 2 rings (SSSR count). The number of likely N-dealkylation sites (N-methyl/N-ethyl adjacent to an activating group) is 1. The molecule has 0 saturated carbocycles. The molecular weight excluding hydrogens is 330 g/mol. The van der Waals surface area contributed by atoms with Crippen LogP contribution in [0, 0.1) is 0 Å². The highest BCUT2D eigenvalue weighted by atomic mass is 35.5. The van der Waals surface area contributed by atoms with E-state index in [0.717, 1.165) is 25.2 Å². The van der Waals surface area contributed by atoms with Crippen LogP contribution in [0.25, 0.3) is 0 Å². The number of rotatable bonds is 8. The second-order valence-electron chi connectivity index (χ2n) is 5.69. The van der Waals surface area contributed by atoms with Gasteiger partial charge in [0.05, 0.1) is 0 Å². The summed E-state index contributed by atoms with van der Waals surface area (Å²) < 4.78 is 5.47. The van der Waals surface area contributed by atoms with Gasteiger partial charge in [0.25, 0.3) is 5.91 Å². The zero-order chi connectivity index (χ0) is 16.7. The van der Waals surface area contributed by atoms with E-state index in [-0.39, 0.29) is 36.9 Å². The lowest BCUT2D eigenvalue weighted by Gasteiger charge is -2.16. The highest BCUT2D eigenvalue weighted by molar-refractivity contribution is 5.95. The normalized spacial score (nSPS) is 14.9. The summed E-state index contributed by atoms with van der Waals surface area (Å²) in [7, 11) is 0. The van der Waals surface area contributed by atoms with Gasteiger partial charge in [-0.3, -0.25) is 9.59 Å². The Morgan fingerprint density at radius 2 is 2.04 bits per heavy atom. The predicted molar refractivity (Wildman–Crippen MR) is 96.9 cm³/mol. The number of amides is 2. The van der Waals surface area contributed by atoms with Crippen LogP contribution in [0.1, 0.15) is 26.7 Å². The molecule has 1 aromatic carbocycles. The lowest BCUT2D eigenvalue weighted by atomic mass is 10.3. The number of carbonyl (C=O) groups excluding carboxylic acids is 2. The summed E-state index contributed by atoms with van der Waals surface area (Å²) in [5, 5.41) is 6.04. The summed E-state index contributed by atoms with van der Waals surface area (Å²) in [6, 6.07) is 7.51. The van der Waals surface area contributed by atoms with Crippen molar-refractivity contribution in [3.8, 4) is 5.75 Å². The van der Waals surface area contributed by atoms with Gasteiger partial charge in [-0.05, 0) is 44.2 Å². The van der Waals surface area contributed by atoms with Crippen LogP contribution < -0.4 is 20.3 Å². The van der Waals surface area contributed by atoms with Crippen molar-refractivity contribution in [3.05, 3.63) is 24.3 Å². The van der Waals surface area contributed by atoms with Gasteiger partial charge in [0.1, 0.15) is 5.75 Å². The van der Waals surface area contributed by atoms with Crippen molar-refractivity contribution in [2.75, 3.05) is 31.1 Å². The van der Waals surface area contributed by atoms with Crippen molar-refractivity contribution in [3.63, 3.8) is 0 Å². The second kappa shape index (κ2) is 10.2. The first-order chi connectivity index (χ1) is 11.1. The molecule has 1 aliphatic heterocycles. The van der Waals surface area contributed by atoms with E-state index in [4.69, 9.17) is 4.74 Å². The lowest BCUT2D eigenvalue weighted by Crippen LogP contribution is -2.40. The maximum atomic E-state index is 11.7. The van der Waals surface area contributed by atoms with Crippen molar-refractivity contribution < 1.29 is 14.3 Å². The number of carbonyl (C=O) groups is 2. The average Bonchev–Trinajstić information content (AvgIpc) is 2.98. The summed E-state index contributed by atoms with van der Waals surface area (Å²) in [6.07, 6.45) is 1.52. The van der Waals surface area contributed by atoms with Crippen molar-refractivity contribution in [1.82, 2.24) is 10.6 Å². The Morgan fingerprint density at radius 3 is 2.62 bits per heavy atom. The van der Waals surface area contributed by atoms with E-state index in [9.17, 15) is 9.59 Å². The highest BCUT2D eigenvalue weighted by Gasteiger charge is 2.21. The quantitative estimate of drug-likeness (QED) is 0.745. The summed E-state index contributed by atoms with van der Waals surface area (Å²) in [5.41, 5.74) is 0.878. The van der Waals surface area contributed by atoms with Gasteiger partial charge in [0, 0.05) is 31.2 Å². The molecule has 0 bridgehead atoms. The van der Waals surface area contributed by atoms with Crippen molar-refractivity contribution in [2.45, 2.75) is 32.7 Å². The second-order valence-corrected chi connectivity index (χ2v) is 5.69. The molecule has 1 aliphatic rings. The Labute approximate surface area is 149 Å². The summed E-state index contributed by atoms with van der Waals surface area (Å²) in [6.45, 7) is 6.25. The summed E-state index contributed by atoms with van der Waals surface area (Å²) in [5.74, 6) is 0.636. The first kappa shape index (κ1) is 20.3. The number of benzene rings is 1. The topological polar surface area (TPSA) is 70.7 Å². The third kappa shape index (κ3) is 6.02. The van der Waals surface area contributed by atoms with Crippen LogP contribution in [0.4, 0.5) is 5.69 Å².